The molecule has 3 heteroatoms. The number of hydrogen-bond acceptors (Lipinski definition) is 3. The molecule has 2 nitrogen and oxygen atoms in total. The van der Waals surface area contributed by atoms with Crippen LogP contribution in [0.5, 0.6) is 0 Å². The standard InChI is InChI=1S/C66H40N2S/c1-3-18-41(19-4-1)42-34-36-43(37-35-42)57-40-58(68-64(67-57)44-20-5-2-6-21-44)47-25-17-32-56-61(47)49-38-39-60-62(48-24-9-16-33-59(48)69-60)63(49)66(56)54-30-14-12-28-52(54)65(53-29-13-15-31-55(53)66)50-26-10-7-22-45(50)46-23-8-11-27-51(46)65/h1-40H. The van der Waals surface area contributed by atoms with Crippen molar-refractivity contribution in [1.82, 2.24) is 9.97 Å². The smallest absolute Gasteiger partial charge is 0.160 e. The lowest BCUT2D eigenvalue weighted by Crippen LogP contribution is -2.43. The molecular formula is C66H40N2S. The molecule has 0 saturated heterocycles. The van der Waals surface area contributed by atoms with Gasteiger partial charge in [-0.2, -0.15) is 0 Å². The van der Waals surface area contributed by atoms with Gasteiger partial charge in [-0.1, -0.05) is 224 Å². The molecular weight excluding hydrogens is 853 g/mol. The third-order valence-electron chi connectivity index (χ3n) is 15.4. The number of rotatable bonds is 4. The molecule has 10 aromatic carbocycles. The van der Waals surface area contributed by atoms with E-state index in [1.54, 1.807) is 0 Å². The summed E-state index contributed by atoms with van der Waals surface area (Å²) in [5.74, 6) is 0.703. The Balaban J connectivity index is 1.06. The van der Waals surface area contributed by atoms with E-state index in [0.717, 1.165) is 28.1 Å². The highest BCUT2D eigenvalue weighted by atomic mass is 32.1. The monoisotopic (exact) mass is 892 g/mol. The van der Waals surface area contributed by atoms with Gasteiger partial charge in [0.15, 0.2) is 5.82 Å². The van der Waals surface area contributed by atoms with Gasteiger partial charge in [-0.25, -0.2) is 9.97 Å². The number of aromatic nitrogens is 2. The van der Waals surface area contributed by atoms with Gasteiger partial charge in [-0.3, -0.25) is 0 Å². The van der Waals surface area contributed by atoms with Gasteiger partial charge < -0.3 is 0 Å². The highest BCUT2D eigenvalue weighted by Gasteiger charge is 2.59. The Morgan fingerprint density at radius 3 is 1.46 bits per heavy atom. The molecule has 3 aliphatic carbocycles. The molecule has 2 heterocycles. The van der Waals surface area contributed by atoms with Crippen LogP contribution in [0.3, 0.4) is 0 Å². The van der Waals surface area contributed by atoms with Crippen LogP contribution in [0, 0.1) is 0 Å². The topological polar surface area (TPSA) is 25.8 Å². The van der Waals surface area contributed by atoms with Crippen LogP contribution in [0.2, 0.25) is 0 Å². The maximum Gasteiger partial charge on any atom is 0.160 e. The van der Waals surface area contributed by atoms with Crippen LogP contribution >= 0.6 is 11.3 Å². The van der Waals surface area contributed by atoms with Crippen molar-refractivity contribution in [3.63, 3.8) is 0 Å². The van der Waals surface area contributed by atoms with E-state index in [4.69, 9.17) is 9.97 Å². The van der Waals surface area contributed by atoms with E-state index in [2.05, 4.69) is 243 Å². The van der Waals surface area contributed by atoms with Crippen LogP contribution < -0.4 is 0 Å². The van der Waals surface area contributed by atoms with E-state index in [9.17, 15) is 0 Å². The second-order valence-electron chi connectivity index (χ2n) is 18.6. The first kappa shape index (κ1) is 38.6. The summed E-state index contributed by atoms with van der Waals surface area (Å²) in [4.78, 5) is 10.9. The van der Waals surface area contributed by atoms with E-state index in [1.165, 1.54) is 98.1 Å². The van der Waals surface area contributed by atoms with E-state index in [1.807, 2.05) is 11.3 Å². The summed E-state index contributed by atoms with van der Waals surface area (Å²) in [5, 5.41) is 2.62. The summed E-state index contributed by atoms with van der Waals surface area (Å²) in [7, 11) is 0. The van der Waals surface area contributed by atoms with Gasteiger partial charge in [0.25, 0.3) is 0 Å². The van der Waals surface area contributed by atoms with E-state index in [-0.39, 0.29) is 0 Å². The van der Waals surface area contributed by atoms with Gasteiger partial charge in [0, 0.05) is 36.9 Å². The average molecular weight is 893 g/mol. The zero-order chi connectivity index (χ0) is 45.3. The van der Waals surface area contributed by atoms with Crippen LogP contribution in [-0.4, -0.2) is 9.97 Å². The Bertz CT molecular complexity index is 3980. The summed E-state index contributed by atoms with van der Waals surface area (Å²) < 4.78 is 2.59. The molecule has 69 heavy (non-hydrogen) atoms. The molecule has 0 saturated carbocycles. The quantitative estimate of drug-likeness (QED) is 0.176. The van der Waals surface area contributed by atoms with Crippen molar-refractivity contribution in [3.8, 4) is 67.3 Å². The lowest BCUT2D eigenvalue weighted by molar-refractivity contribution is 0.635. The van der Waals surface area contributed by atoms with Gasteiger partial charge in [-0.05, 0) is 96.1 Å². The third-order valence-corrected chi connectivity index (χ3v) is 16.5. The van der Waals surface area contributed by atoms with Crippen molar-refractivity contribution in [3.05, 3.63) is 287 Å². The molecule has 0 aliphatic heterocycles. The molecule has 15 rings (SSSR count). The summed E-state index contributed by atoms with van der Waals surface area (Å²) in [6.45, 7) is 0. The van der Waals surface area contributed by atoms with Crippen LogP contribution in [0.25, 0.3) is 87.5 Å². The van der Waals surface area contributed by atoms with Crippen LogP contribution in [0.4, 0.5) is 0 Å². The van der Waals surface area contributed by atoms with Crippen molar-refractivity contribution in [1.29, 1.82) is 0 Å². The Hall–Kier alpha value is -8.50. The average Bonchev–Trinajstić information content (AvgIpc) is 4.06. The molecule has 0 N–H and O–H groups in total. The van der Waals surface area contributed by atoms with Crippen molar-refractivity contribution in [2.75, 3.05) is 0 Å². The molecule has 3 aliphatic rings. The molecule has 2 aromatic heterocycles. The maximum atomic E-state index is 5.54. The number of nitrogens with zero attached hydrogens (tertiary/aromatic N) is 2. The Labute approximate surface area is 404 Å². The minimum Gasteiger partial charge on any atom is -0.228 e. The molecule has 2 spiro atoms. The predicted octanol–water partition coefficient (Wildman–Crippen LogP) is 16.6. The van der Waals surface area contributed by atoms with Gasteiger partial charge in [0.05, 0.1) is 22.2 Å². The lowest BCUT2D eigenvalue weighted by Gasteiger charge is -2.49. The van der Waals surface area contributed by atoms with Crippen LogP contribution in [-0.2, 0) is 10.8 Å². The Kier molecular flexibility index (Phi) is 8.11. The van der Waals surface area contributed by atoms with Crippen molar-refractivity contribution < 1.29 is 0 Å². The fourth-order valence-electron chi connectivity index (χ4n) is 12.8. The first-order chi connectivity index (χ1) is 34.2. The lowest BCUT2D eigenvalue weighted by atomic mass is 9.52. The van der Waals surface area contributed by atoms with Crippen LogP contribution in [0.1, 0.15) is 44.5 Å². The zero-order valence-corrected chi connectivity index (χ0v) is 38.2. The SMILES string of the molecule is c1ccc(-c2ccc(-c3cc(-c4cccc5c4-c4ccc6sc7ccccc7c6c4C54c5ccccc5C5(c6ccccc6-c6ccccc65)c5ccccc54)nc(-c4ccccc4)n3)cc2)cc1. The first-order valence-corrected chi connectivity index (χ1v) is 24.6. The summed E-state index contributed by atoms with van der Waals surface area (Å²) in [5.41, 5.74) is 21.7. The van der Waals surface area contributed by atoms with Crippen molar-refractivity contribution in [2.45, 2.75) is 10.8 Å². The van der Waals surface area contributed by atoms with E-state index in [0.29, 0.717) is 5.82 Å². The van der Waals surface area contributed by atoms with Gasteiger partial charge in [0.2, 0.25) is 0 Å². The number of hydrogen-bond donors (Lipinski definition) is 0. The maximum absolute atomic E-state index is 5.54. The minimum atomic E-state index is -0.680. The highest BCUT2D eigenvalue weighted by molar-refractivity contribution is 7.25. The zero-order valence-electron chi connectivity index (χ0n) is 37.4. The molecule has 0 radical (unpaired) electrons. The fraction of sp³-hybridized carbons (Fsp3) is 0.0303. The molecule has 0 bridgehead atoms. The number of fused-ring (bicyclic) bond motifs is 20. The summed E-state index contributed by atoms with van der Waals surface area (Å²) >= 11 is 1.90. The minimum absolute atomic E-state index is 0.529. The highest BCUT2D eigenvalue weighted by Crippen LogP contribution is 2.69. The van der Waals surface area contributed by atoms with Gasteiger partial charge >= 0.3 is 0 Å². The Morgan fingerprint density at radius 2 is 0.797 bits per heavy atom. The second-order valence-corrected chi connectivity index (χ2v) is 19.7. The summed E-state index contributed by atoms with van der Waals surface area (Å²) in [6.07, 6.45) is 0. The predicted molar refractivity (Wildman–Crippen MR) is 285 cm³/mol. The molecule has 320 valence electrons. The van der Waals surface area contributed by atoms with E-state index < -0.39 is 10.8 Å². The summed E-state index contributed by atoms with van der Waals surface area (Å²) in [6, 6.07) is 89.9. The van der Waals surface area contributed by atoms with Crippen molar-refractivity contribution >= 4 is 31.5 Å². The van der Waals surface area contributed by atoms with Gasteiger partial charge in [-0.15, -0.1) is 11.3 Å². The number of thiophene rings is 1. The fourth-order valence-corrected chi connectivity index (χ4v) is 13.9. The van der Waals surface area contributed by atoms with E-state index >= 15 is 0 Å². The third kappa shape index (κ3) is 5.15. The molecule has 0 amide bonds. The second kappa shape index (κ2) is 14.5. The molecule has 0 atom stereocenters. The number of benzene rings is 10. The molecule has 0 unspecified atom stereocenters. The molecule has 0 fully saturated rings. The Morgan fingerprint density at radius 1 is 0.304 bits per heavy atom. The normalized spacial score (nSPS) is 14.0. The van der Waals surface area contributed by atoms with Gasteiger partial charge in [0.1, 0.15) is 0 Å². The first-order valence-electron chi connectivity index (χ1n) is 23.8. The van der Waals surface area contributed by atoms with Crippen LogP contribution in [0.15, 0.2) is 243 Å². The largest absolute Gasteiger partial charge is 0.228 e. The molecule has 12 aromatic rings. The van der Waals surface area contributed by atoms with Crippen molar-refractivity contribution in [2.24, 2.45) is 0 Å².